The molecular weight excluding hydrogens is 276 g/mol. The molecule has 0 heterocycles. The Morgan fingerprint density at radius 3 is 2.36 bits per heavy atom. The number of nitriles is 2. The summed E-state index contributed by atoms with van der Waals surface area (Å²) in [5.41, 5.74) is 5.35. The fourth-order valence-electron chi connectivity index (χ4n) is 1.75. The molecule has 0 fully saturated rings. The average Bonchev–Trinajstić information content (AvgIpc) is 2.54. The maximum absolute atomic E-state index is 8.60. The van der Waals surface area contributed by atoms with Gasteiger partial charge < -0.3 is 4.74 Å². The van der Waals surface area contributed by atoms with Crippen LogP contribution < -0.4 is 10.2 Å². The minimum atomic E-state index is -0.226. The van der Waals surface area contributed by atoms with Crippen molar-refractivity contribution in [1.82, 2.24) is 0 Å². The smallest absolute Gasteiger partial charge is 0.237 e. The first-order valence-corrected chi connectivity index (χ1v) is 6.62. The molecule has 22 heavy (non-hydrogen) atoms. The third kappa shape index (κ3) is 3.62. The van der Waals surface area contributed by atoms with E-state index in [1.807, 2.05) is 32.0 Å². The second kappa shape index (κ2) is 6.92. The summed E-state index contributed by atoms with van der Waals surface area (Å²) in [6, 6.07) is 16.4. The van der Waals surface area contributed by atoms with Crippen LogP contribution in [-0.2, 0) is 0 Å². The summed E-state index contributed by atoms with van der Waals surface area (Å²) in [4.78, 5) is 0. The van der Waals surface area contributed by atoms with Gasteiger partial charge in [-0.1, -0.05) is 12.1 Å². The van der Waals surface area contributed by atoms with Crippen LogP contribution in [0.25, 0.3) is 0 Å². The van der Waals surface area contributed by atoms with Crippen LogP contribution in [0.5, 0.6) is 11.5 Å². The molecule has 0 spiro atoms. The summed E-state index contributed by atoms with van der Waals surface area (Å²) >= 11 is 0. The van der Waals surface area contributed by atoms with Gasteiger partial charge in [-0.25, -0.2) is 0 Å². The van der Waals surface area contributed by atoms with E-state index in [0.717, 1.165) is 11.3 Å². The monoisotopic (exact) mass is 290 g/mol. The second-order valence-corrected chi connectivity index (χ2v) is 4.62. The molecule has 0 aliphatic carbocycles. The SMILES string of the molecule is Cc1cccc(Oc2ccc(NN=C(C#N)C#N)cc2)c1C. The number of hydrogen-bond acceptors (Lipinski definition) is 5. The summed E-state index contributed by atoms with van der Waals surface area (Å²) in [6.07, 6.45) is 0. The van der Waals surface area contributed by atoms with Gasteiger partial charge in [-0.2, -0.15) is 15.6 Å². The van der Waals surface area contributed by atoms with Crippen LogP contribution in [0.15, 0.2) is 47.6 Å². The van der Waals surface area contributed by atoms with E-state index in [1.165, 1.54) is 5.56 Å². The van der Waals surface area contributed by atoms with Gasteiger partial charge in [-0.3, -0.25) is 5.43 Å². The lowest BCUT2D eigenvalue weighted by molar-refractivity contribution is 0.478. The summed E-state index contributed by atoms with van der Waals surface area (Å²) in [7, 11) is 0. The largest absolute Gasteiger partial charge is 0.457 e. The number of ether oxygens (including phenoxy) is 1. The van der Waals surface area contributed by atoms with E-state index in [1.54, 1.807) is 36.4 Å². The zero-order chi connectivity index (χ0) is 15.9. The van der Waals surface area contributed by atoms with E-state index < -0.39 is 0 Å². The molecule has 5 heteroatoms. The van der Waals surface area contributed by atoms with Crippen LogP contribution in [-0.4, -0.2) is 5.71 Å². The minimum Gasteiger partial charge on any atom is -0.457 e. The molecule has 5 nitrogen and oxygen atoms in total. The van der Waals surface area contributed by atoms with Crippen molar-refractivity contribution >= 4 is 11.4 Å². The first-order chi connectivity index (χ1) is 10.6. The van der Waals surface area contributed by atoms with Crippen molar-refractivity contribution in [3.05, 3.63) is 53.6 Å². The lowest BCUT2D eigenvalue weighted by Crippen LogP contribution is -1.96. The maximum atomic E-state index is 8.60. The highest BCUT2D eigenvalue weighted by atomic mass is 16.5. The summed E-state index contributed by atoms with van der Waals surface area (Å²) in [5.74, 6) is 1.51. The van der Waals surface area contributed by atoms with Crippen molar-refractivity contribution in [2.24, 2.45) is 5.10 Å². The first-order valence-electron chi connectivity index (χ1n) is 6.62. The Labute approximate surface area is 129 Å². The standard InChI is InChI=1S/C17H14N4O/c1-12-4-3-5-17(13(12)2)22-16-8-6-14(7-9-16)20-21-15(10-18)11-19/h3-9,20H,1-2H3. The molecule has 0 aliphatic heterocycles. The third-order valence-corrected chi connectivity index (χ3v) is 3.15. The molecule has 0 unspecified atom stereocenters. The Morgan fingerprint density at radius 2 is 1.73 bits per heavy atom. The first kappa shape index (κ1) is 15.1. The normalized spacial score (nSPS) is 9.27. The van der Waals surface area contributed by atoms with Crippen molar-refractivity contribution in [3.63, 3.8) is 0 Å². The van der Waals surface area contributed by atoms with Crippen LogP contribution >= 0.6 is 0 Å². The van der Waals surface area contributed by atoms with Gasteiger partial charge in [0.05, 0.1) is 5.69 Å². The van der Waals surface area contributed by atoms with Crippen molar-refractivity contribution in [2.75, 3.05) is 5.43 Å². The van der Waals surface area contributed by atoms with Crippen molar-refractivity contribution in [1.29, 1.82) is 10.5 Å². The van der Waals surface area contributed by atoms with Crippen molar-refractivity contribution in [2.45, 2.75) is 13.8 Å². The molecule has 0 atom stereocenters. The fourth-order valence-corrected chi connectivity index (χ4v) is 1.75. The number of nitrogens with one attached hydrogen (secondary N) is 1. The van der Waals surface area contributed by atoms with Gasteiger partial charge in [-0.15, -0.1) is 0 Å². The Kier molecular flexibility index (Phi) is 4.74. The molecule has 2 aromatic carbocycles. The Morgan fingerprint density at radius 1 is 1.05 bits per heavy atom. The van der Waals surface area contributed by atoms with Crippen molar-refractivity contribution in [3.8, 4) is 23.6 Å². The number of aryl methyl sites for hydroxylation is 1. The number of hydrogen-bond donors (Lipinski definition) is 1. The predicted molar refractivity (Wildman–Crippen MR) is 84.7 cm³/mol. The van der Waals surface area contributed by atoms with Gasteiger partial charge in [0, 0.05) is 0 Å². The number of rotatable bonds is 4. The summed E-state index contributed by atoms with van der Waals surface area (Å²) in [6.45, 7) is 4.05. The Balaban J connectivity index is 2.10. The van der Waals surface area contributed by atoms with Crippen LogP contribution in [0.2, 0.25) is 0 Å². The van der Waals surface area contributed by atoms with E-state index in [4.69, 9.17) is 15.3 Å². The van der Waals surface area contributed by atoms with Crippen LogP contribution in [0.4, 0.5) is 5.69 Å². The number of hydrazone groups is 1. The van der Waals surface area contributed by atoms with Gasteiger partial charge in [0.2, 0.25) is 5.71 Å². The predicted octanol–water partition coefficient (Wildman–Crippen LogP) is 3.91. The van der Waals surface area contributed by atoms with Gasteiger partial charge in [0.25, 0.3) is 0 Å². The molecule has 2 rings (SSSR count). The molecule has 0 saturated carbocycles. The average molecular weight is 290 g/mol. The third-order valence-electron chi connectivity index (χ3n) is 3.15. The Hall–Kier alpha value is -3.31. The van der Waals surface area contributed by atoms with Crippen LogP contribution in [0.1, 0.15) is 11.1 Å². The summed E-state index contributed by atoms with van der Waals surface area (Å²) < 4.78 is 5.84. The quantitative estimate of drug-likeness (QED) is 0.683. The van der Waals surface area contributed by atoms with Gasteiger partial charge >= 0.3 is 0 Å². The lowest BCUT2D eigenvalue weighted by Gasteiger charge is -2.10. The van der Waals surface area contributed by atoms with Gasteiger partial charge in [0.15, 0.2) is 0 Å². The zero-order valence-electron chi connectivity index (χ0n) is 12.3. The number of anilines is 1. The highest BCUT2D eigenvalue weighted by Crippen LogP contribution is 2.27. The highest BCUT2D eigenvalue weighted by Gasteiger charge is 2.03. The summed E-state index contributed by atoms with van der Waals surface area (Å²) in [5, 5.41) is 20.9. The molecule has 0 radical (unpaired) electrons. The van der Waals surface area contributed by atoms with Gasteiger partial charge in [0.1, 0.15) is 23.6 Å². The van der Waals surface area contributed by atoms with E-state index in [2.05, 4.69) is 10.5 Å². The van der Waals surface area contributed by atoms with Crippen LogP contribution in [0, 0.1) is 36.5 Å². The number of benzene rings is 2. The molecule has 0 saturated heterocycles. The molecular formula is C17H14N4O. The Bertz CT molecular complexity index is 764. The zero-order valence-corrected chi connectivity index (χ0v) is 12.3. The minimum absolute atomic E-state index is 0.226. The maximum Gasteiger partial charge on any atom is 0.237 e. The van der Waals surface area contributed by atoms with Crippen LogP contribution in [0.3, 0.4) is 0 Å². The van der Waals surface area contributed by atoms with E-state index >= 15 is 0 Å². The fraction of sp³-hybridized carbons (Fsp3) is 0.118. The second-order valence-electron chi connectivity index (χ2n) is 4.62. The van der Waals surface area contributed by atoms with E-state index in [9.17, 15) is 0 Å². The molecule has 0 aromatic heterocycles. The van der Waals surface area contributed by atoms with Gasteiger partial charge in [-0.05, 0) is 55.3 Å². The lowest BCUT2D eigenvalue weighted by atomic mass is 10.1. The van der Waals surface area contributed by atoms with Crippen molar-refractivity contribution < 1.29 is 4.74 Å². The van der Waals surface area contributed by atoms with E-state index in [-0.39, 0.29) is 5.71 Å². The molecule has 108 valence electrons. The molecule has 1 N–H and O–H groups in total. The number of nitrogens with zero attached hydrogens (tertiary/aromatic N) is 3. The molecule has 2 aromatic rings. The topological polar surface area (TPSA) is 81.2 Å². The van der Waals surface area contributed by atoms with E-state index in [0.29, 0.717) is 11.4 Å². The highest BCUT2D eigenvalue weighted by molar-refractivity contribution is 6.10. The molecule has 0 amide bonds. The molecule has 0 aliphatic rings. The molecule has 0 bridgehead atoms.